The predicted molar refractivity (Wildman–Crippen MR) is 298 cm³/mol. The molecule has 0 aliphatic heterocycles. The normalized spacial score (nSPS) is 14.0. The van der Waals surface area contributed by atoms with E-state index in [0.29, 0.717) is 19.3 Å². The third kappa shape index (κ3) is 51.6. The summed E-state index contributed by atoms with van der Waals surface area (Å²) >= 11 is 0. The number of ether oxygens (including phenoxy) is 3. The Hall–Kier alpha value is -3.34. The first kappa shape index (κ1) is 68.7. The number of phosphoric ester groups is 1. The molecule has 0 saturated carbocycles. The number of carbonyl (C=O) groups excluding carboxylic acids is 3. The first-order chi connectivity index (χ1) is 35.2. The molecule has 0 rings (SSSR count). The number of hydrogen-bond acceptors (Lipinski definition) is 10. The molecule has 0 aliphatic rings. The van der Waals surface area contributed by atoms with Crippen LogP contribution in [0.4, 0.5) is 0 Å². The Kier molecular flexibility index (Phi) is 51.4. The number of esters is 3. The summed E-state index contributed by atoms with van der Waals surface area (Å²) in [5.74, 6) is -1.50. The van der Waals surface area contributed by atoms with E-state index >= 15 is 0 Å². The van der Waals surface area contributed by atoms with Gasteiger partial charge in [-0.2, -0.15) is 0 Å². The van der Waals surface area contributed by atoms with Gasteiger partial charge < -0.3 is 24.2 Å². The van der Waals surface area contributed by atoms with Crippen LogP contribution in [0.3, 0.4) is 0 Å². The molecule has 414 valence electrons. The van der Waals surface area contributed by atoms with Crippen molar-refractivity contribution in [1.29, 1.82) is 0 Å². The fourth-order valence-corrected chi connectivity index (χ4v) is 8.27. The van der Waals surface area contributed by atoms with Crippen LogP contribution < -0.4 is 0 Å². The maximum Gasteiger partial charge on any atom is 0.472 e. The van der Waals surface area contributed by atoms with Gasteiger partial charge in [-0.3, -0.25) is 23.4 Å². The van der Waals surface area contributed by atoms with Crippen LogP contribution in [0.25, 0.3) is 0 Å². The summed E-state index contributed by atoms with van der Waals surface area (Å²) in [7, 11) is -4.76. The van der Waals surface area contributed by atoms with E-state index in [-0.39, 0.29) is 25.9 Å². The van der Waals surface area contributed by atoms with Gasteiger partial charge in [0.1, 0.15) is 12.7 Å². The lowest BCUT2D eigenvalue weighted by Crippen LogP contribution is -2.30. The summed E-state index contributed by atoms with van der Waals surface area (Å²) < 4.78 is 39.5. The van der Waals surface area contributed by atoms with Crippen LogP contribution in [-0.4, -0.2) is 66.5 Å². The molecule has 0 spiro atoms. The monoisotopic (exact) mass is 1030 g/mol. The molecule has 0 aromatic rings. The zero-order chi connectivity index (χ0) is 52.7. The van der Waals surface area contributed by atoms with Gasteiger partial charge in [-0.1, -0.05) is 202 Å². The minimum atomic E-state index is -4.76. The maximum atomic E-state index is 12.9. The van der Waals surface area contributed by atoms with E-state index in [2.05, 4.69) is 106 Å². The molecule has 0 aromatic heterocycles. The summed E-state index contributed by atoms with van der Waals surface area (Å²) in [4.78, 5) is 48.5. The molecule has 0 radical (unpaired) electrons. The van der Waals surface area contributed by atoms with Crippen LogP contribution in [0.5, 0.6) is 0 Å². The topological polar surface area (TPSA) is 155 Å². The number of aliphatic hydroxyl groups excluding tert-OH is 1. The fraction of sp³-hybridized carbons (Fsp3) is 0.717. The van der Waals surface area contributed by atoms with E-state index in [9.17, 15) is 28.9 Å². The third-order valence-electron chi connectivity index (χ3n) is 11.8. The molecule has 0 saturated heterocycles. The first-order valence-corrected chi connectivity index (χ1v) is 30.0. The quantitative estimate of drug-likeness (QED) is 0.0197. The number of allylic oxidation sites excluding steroid dienone is 14. The molecule has 11 nitrogen and oxygen atoms in total. The van der Waals surface area contributed by atoms with Crippen LogP contribution in [0.2, 0.25) is 0 Å². The zero-order valence-electron chi connectivity index (χ0n) is 45.6. The van der Waals surface area contributed by atoms with Crippen LogP contribution in [-0.2, 0) is 42.2 Å². The fourth-order valence-electron chi connectivity index (χ4n) is 7.48. The second-order valence-electron chi connectivity index (χ2n) is 18.7. The lowest BCUT2D eigenvalue weighted by atomic mass is 10.1. The number of rotatable bonds is 52. The molecular formula is C60H103O11P. The van der Waals surface area contributed by atoms with E-state index in [0.717, 1.165) is 148 Å². The van der Waals surface area contributed by atoms with Crippen molar-refractivity contribution in [3.8, 4) is 0 Å². The molecule has 3 unspecified atom stereocenters. The smallest absolute Gasteiger partial charge is 0.462 e. The van der Waals surface area contributed by atoms with Crippen molar-refractivity contribution in [2.75, 3.05) is 26.4 Å². The van der Waals surface area contributed by atoms with Crippen molar-refractivity contribution < 1.29 is 52.2 Å². The van der Waals surface area contributed by atoms with Gasteiger partial charge in [-0.25, -0.2) is 4.57 Å². The molecule has 0 aliphatic carbocycles. The van der Waals surface area contributed by atoms with Crippen LogP contribution in [0, 0.1) is 0 Å². The number of aliphatic hydroxyl groups is 1. The van der Waals surface area contributed by atoms with E-state index in [1.54, 1.807) is 0 Å². The van der Waals surface area contributed by atoms with Crippen molar-refractivity contribution in [3.63, 3.8) is 0 Å². The van der Waals surface area contributed by atoms with Gasteiger partial charge in [0.25, 0.3) is 0 Å². The van der Waals surface area contributed by atoms with Crippen molar-refractivity contribution in [2.45, 2.75) is 251 Å². The lowest BCUT2D eigenvalue weighted by Gasteiger charge is -2.21. The van der Waals surface area contributed by atoms with E-state index in [1.807, 2.05) is 0 Å². The summed E-state index contributed by atoms with van der Waals surface area (Å²) in [6.07, 6.45) is 61.1. The standard InChI is InChI=1S/C60H103O11P/c1-4-7-10-13-16-19-22-24-26-28-30-32-35-38-41-44-47-50-59(63)70-56(52-61)54-68-72(65,66)69-55-57(53-67-58(62)49-46-43-40-37-34-21-18-15-12-9-6-3)71-60(64)51-48-45-42-39-36-33-31-29-27-25-23-20-17-14-11-8-5-2/h7-8,10-11,15-20,24-27,56-57,61H,4-6,9,12-14,21-23,28-55H2,1-3H3,(H,65,66)/b10-7-,11-8-,18-15-,19-16-,20-17-,26-24-,27-25-. The Morgan fingerprint density at radius 1 is 0.403 bits per heavy atom. The second-order valence-corrected chi connectivity index (χ2v) is 20.1. The Morgan fingerprint density at radius 2 is 0.722 bits per heavy atom. The highest BCUT2D eigenvalue weighted by atomic mass is 31.2. The zero-order valence-corrected chi connectivity index (χ0v) is 46.5. The van der Waals surface area contributed by atoms with Gasteiger partial charge in [0, 0.05) is 19.3 Å². The first-order valence-electron chi connectivity index (χ1n) is 28.5. The van der Waals surface area contributed by atoms with Crippen LogP contribution >= 0.6 is 7.82 Å². The molecule has 3 atom stereocenters. The van der Waals surface area contributed by atoms with Gasteiger partial charge in [0.15, 0.2) is 6.10 Å². The van der Waals surface area contributed by atoms with Crippen molar-refractivity contribution in [1.82, 2.24) is 0 Å². The Labute approximate surface area is 439 Å². The molecule has 12 heteroatoms. The summed E-state index contributed by atoms with van der Waals surface area (Å²) in [6.45, 7) is 4.35. The van der Waals surface area contributed by atoms with Gasteiger partial charge >= 0.3 is 25.7 Å². The molecule has 0 heterocycles. The second kappa shape index (κ2) is 53.9. The van der Waals surface area contributed by atoms with Crippen molar-refractivity contribution >= 4 is 25.7 Å². The molecule has 0 aromatic carbocycles. The van der Waals surface area contributed by atoms with Crippen molar-refractivity contribution in [3.05, 3.63) is 85.1 Å². The summed E-state index contributed by atoms with van der Waals surface area (Å²) in [5, 5.41) is 9.81. The molecular weight excluding hydrogens is 928 g/mol. The average Bonchev–Trinajstić information content (AvgIpc) is 3.37. The number of carbonyl (C=O) groups is 3. The number of hydrogen-bond donors (Lipinski definition) is 2. The Bertz CT molecular complexity index is 1530. The van der Waals surface area contributed by atoms with Crippen LogP contribution in [0.1, 0.15) is 239 Å². The highest BCUT2D eigenvalue weighted by Crippen LogP contribution is 2.43. The Balaban J connectivity index is 4.70. The van der Waals surface area contributed by atoms with Crippen LogP contribution in [0.15, 0.2) is 85.1 Å². The van der Waals surface area contributed by atoms with E-state index in [1.165, 1.54) is 32.1 Å². The molecule has 2 N–H and O–H groups in total. The van der Waals surface area contributed by atoms with E-state index < -0.39 is 57.8 Å². The van der Waals surface area contributed by atoms with Gasteiger partial charge in [-0.15, -0.1) is 0 Å². The average molecular weight is 1030 g/mol. The third-order valence-corrected chi connectivity index (χ3v) is 12.7. The van der Waals surface area contributed by atoms with Crippen molar-refractivity contribution in [2.24, 2.45) is 0 Å². The van der Waals surface area contributed by atoms with E-state index in [4.69, 9.17) is 23.3 Å². The molecule has 0 amide bonds. The molecule has 0 bridgehead atoms. The molecule has 72 heavy (non-hydrogen) atoms. The van der Waals surface area contributed by atoms with Gasteiger partial charge in [-0.05, 0) is 103 Å². The maximum absolute atomic E-state index is 12.9. The SMILES string of the molecule is CC/C=C\C/C=C\C/C=C\CCCCCCCCCC(=O)OC(CO)COP(=O)(O)OCC(COC(=O)CCCCCCC/C=C\CCCC)OC(=O)CCCCCCCCC/C=C\C/C=C\C/C=C\CC. The molecule has 0 fully saturated rings. The summed E-state index contributed by atoms with van der Waals surface area (Å²) in [5.41, 5.74) is 0. The predicted octanol–water partition coefficient (Wildman–Crippen LogP) is 16.7. The minimum Gasteiger partial charge on any atom is -0.462 e. The highest BCUT2D eigenvalue weighted by Gasteiger charge is 2.28. The largest absolute Gasteiger partial charge is 0.472 e. The Morgan fingerprint density at radius 3 is 1.12 bits per heavy atom. The number of unbranched alkanes of at least 4 members (excludes halogenated alkanes) is 21. The minimum absolute atomic E-state index is 0.151. The number of phosphoric acid groups is 1. The highest BCUT2D eigenvalue weighted by molar-refractivity contribution is 7.47. The summed E-state index contributed by atoms with van der Waals surface area (Å²) in [6, 6.07) is 0. The lowest BCUT2D eigenvalue weighted by molar-refractivity contribution is -0.161. The van der Waals surface area contributed by atoms with Gasteiger partial charge in [0.2, 0.25) is 0 Å². The van der Waals surface area contributed by atoms with Gasteiger partial charge in [0.05, 0.1) is 19.8 Å².